The van der Waals surface area contributed by atoms with E-state index in [1.807, 2.05) is 20.8 Å². The summed E-state index contributed by atoms with van der Waals surface area (Å²) in [6.45, 7) is 8.52. The molecular formula is C16H32N2O2. The van der Waals surface area contributed by atoms with Crippen molar-refractivity contribution in [2.45, 2.75) is 90.3 Å². The largest absolute Gasteiger partial charge is 0.444 e. The monoisotopic (exact) mass is 284 g/mol. The number of alkyl carbamates (subject to hydrolysis) is 1. The van der Waals surface area contributed by atoms with E-state index in [4.69, 9.17) is 4.74 Å². The van der Waals surface area contributed by atoms with Crippen molar-refractivity contribution in [3.05, 3.63) is 0 Å². The Morgan fingerprint density at radius 2 is 1.95 bits per heavy atom. The van der Waals surface area contributed by atoms with Gasteiger partial charge in [-0.15, -0.1) is 0 Å². The summed E-state index contributed by atoms with van der Waals surface area (Å²) in [4.78, 5) is 11.7. The number of nitrogens with one attached hydrogen (secondary N) is 2. The summed E-state index contributed by atoms with van der Waals surface area (Å²) < 4.78 is 5.28. The summed E-state index contributed by atoms with van der Waals surface area (Å²) in [6, 6.07) is 1.00. The minimum atomic E-state index is -0.429. The Morgan fingerprint density at radius 1 is 1.30 bits per heavy atom. The number of carbonyl (C=O) groups excluding carboxylic acids is 1. The van der Waals surface area contributed by atoms with E-state index < -0.39 is 5.60 Å². The highest BCUT2D eigenvalue weighted by Crippen LogP contribution is 2.19. The maximum atomic E-state index is 11.7. The van der Waals surface area contributed by atoms with Crippen LogP contribution in [0.1, 0.15) is 72.6 Å². The number of hydrogen-bond donors (Lipinski definition) is 2. The summed E-state index contributed by atoms with van der Waals surface area (Å²) >= 11 is 0. The normalized spacial score (nSPS) is 18.0. The van der Waals surface area contributed by atoms with Crippen LogP contribution in [0.2, 0.25) is 0 Å². The van der Waals surface area contributed by atoms with Crippen molar-refractivity contribution in [1.29, 1.82) is 0 Å². The van der Waals surface area contributed by atoms with Gasteiger partial charge in [0.25, 0.3) is 0 Å². The molecule has 0 heterocycles. The van der Waals surface area contributed by atoms with Gasteiger partial charge in [0, 0.05) is 18.6 Å². The van der Waals surface area contributed by atoms with Gasteiger partial charge in [0.2, 0.25) is 0 Å². The molecule has 4 nitrogen and oxygen atoms in total. The van der Waals surface area contributed by atoms with Gasteiger partial charge in [-0.1, -0.05) is 32.6 Å². The van der Waals surface area contributed by atoms with Gasteiger partial charge in [-0.3, -0.25) is 0 Å². The van der Waals surface area contributed by atoms with Crippen LogP contribution < -0.4 is 10.6 Å². The summed E-state index contributed by atoms with van der Waals surface area (Å²) in [7, 11) is 0. The lowest BCUT2D eigenvalue weighted by atomic mass is 10.1. The minimum Gasteiger partial charge on any atom is -0.444 e. The first-order chi connectivity index (χ1) is 9.40. The molecule has 1 aliphatic carbocycles. The fraction of sp³-hybridized carbons (Fsp3) is 0.938. The second kappa shape index (κ2) is 8.50. The molecule has 0 aromatic rings. The molecule has 1 rings (SSSR count). The lowest BCUT2D eigenvalue weighted by Gasteiger charge is -2.25. The van der Waals surface area contributed by atoms with E-state index in [1.54, 1.807) is 0 Å². The number of unbranched alkanes of at least 4 members (excludes halogenated alkanes) is 1. The van der Waals surface area contributed by atoms with Crippen molar-refractivity contribution < 1.29 is 9.53 Å². The third kappa shape index (κ3) is 7.73. The van der Waals surface area contributed by atoms with Gasteiger partial charge in [-0.25, -0.2) is 4.79 Å². The number of hydrogen-bond acceptors (Lipinski definition) is 3. The Morgan fingerprint density at radius 3 is 2.50 bits per heavy atom. The molecule has 1 saturated carbocycles. The first kappa shape index (κ1) is 17.3. The lowest BCUT2D eigenvalue weighted by Crippen LogP contribution is -2.45. The van der Waals surface area contributed by atoms with Crippen LogP contribution in [-0.4, -0.2) is 30.3 Å². The van der Waals surface area contributed by atoms with Crippen LogP contribution in [0.3, 0.4) is 0 Å². The smallest absolute Gasteiger partial charge is 0.407 e. The second-order valence-corrected chi connectivity index (χ2v) is 6.87. The maximum Gasteiger partial charge on any atom is 0.407 e. The zero-order chi connectivity index (χ0) is 15.0. The molecule has 1 atom stereocenters. The van der Waals surface area contributed by atoms with E-state index in [0.29, 0.717) is 18.6 Å². The second-order valence-electron chi connectivity index (χ2n) is 6.87. The molecule has 118 valence electrons. The number of ether oxygens (including phenoxy) is 1. The van der Waals surface area contributed by atoms with Gasteiger partial charge in [0.1, 0.15) is 5.60 Å². The molecular weight excluding hydrogens is 252 g/mol. The predicted octanol–water partition coefficient (Wildman–Crippen LogP) is 3.60. The fourth-order valence-electron chi connectivity index (χ4n) is 2.64. The van der Waals surface area contributed by atoms with Crippen LogP contribution in [-0.2, 0) is 4.74 Å². The summed E-state index contributed by atoms with van der Waals surface area (Å²) in [6.07, 6.45) is 8.39. The summed E-state index contributed by atoms with van der Waals surface area (Å²) in [5, 5.41) is 6.60. The van der Waals surface area contributed by atoms with Crippen LogP contribution in [0.4, 0.5) is 4.79 Å². The number of carbonyl (C=O) groups is 1. The Balaban J connectivity index is 2.33. The molecule has 4 heteroatoms. The third-order valence-corrected chi connectivity index (χ3v) is 3.62. The van der Waals surface area contributed by atoms with Gasteiger partial charge in [-0.05, 0) is 40.0 Å². The van der Waals surface area contributed by atoms with E-state index in [2.05, 4.69) is 17.6 Å². The molecule has 1 amide bonds. The van der Waals surface area contributed by atoms with Crippen molar-refractivity contribution in [3.8, 4) is 0 Å². The zero-order valence-electron chi connectivity index (χ0n) is 13.6. The van der Waals surface area contributed by atoms with Crippen molar-refractivity contribution in [2.75, 3.05) is 6.54 Å². The van der Waals surface area contributed by atoms with Crippen LogP contribution >= 0.6 is 0 Å². The van der Waals surface area contributed by atoms with Crippen molar-refractivity contribution in [2.24, 2.45) is 0 Å². The highest BCUT2D eigenvalue weighted by atomic mass is 16.6. The summed E-state index contributed by atoms with van der Waals surface area (Å²) in [5.41, 5.74) is -0.429. The average Bonchev–Trinajstić information content (AvgIpc) is 2.83. The molecule has 0 spiro atoms. The van der Waals surface area contributed by atoms with Gasteiger partial charge in [0.15, 0.2) is 0 Å². The first-order valence-corrected chi connectivity index (χ1v) is 8.13. The van der Waals surface area contributed by atoms with Gasteiger partial charge in [-0.2, -0.15) is 0 Å². The minimum absolute atomic E-state index is 0.313. The molecule has 1 fully saturated rings. The lowest BCUT2D eigenvalue weighted by molar-refractivity contribution is 0.0521. The molecule has 1 unspecified atom stereocenters. The highest BCUT2D eigenvalue weighted by molar-refractivity contribution is 5.67. The predicted molar refractivity (Wildman–Crippen MR) is 82.9 cm³/mol. The Hall–Kier alpha value is -0.770. The van der Waals surface area contributed by atoms with Crippen molar-refractivity contribution in [1.82, 2.24) is 10.6 Å². The average molecular weight is 284 g/mol. The standard InChI is InChI=1S/C16H32N2O2/c1-5-6-9-14(18-13-10-7-8-11-13)12-17-15(19)20-16(2,3)4/h13-14,18H,5-12H2,1-4H3,(H,17,19). The fourth-order valence-corrected chi connectivity index (χ4v) is 2.64. The van der Waals surface area contributed by atoms with E-state index in [-0.39, 0.29) is 6.09 Å². The van der Waals surface area contributed by atoms with Gasteiger partial charge < -0.3 is 15.4 Å². The van der Waals surface area contributed by atoms with Crippen LogP contribution in [0, 0.1) is 0 Å². The van der Waals surface area contributed by atoms with Crippen LogP contribution in [0.5, 0.6) is 0 Å². The Kier molecular flexibility index (Phi) is 7.35. The topological polar surface area (TPSA) is 50.4 Å². The molecule has 2 N–H and O–H groups in total. The third-order valence-electron chi connectivity index (χ3n) is 3.62. The molecule has 1 aliphatic rings. The molecule has 0 saturated heterocycles. The Bertz CT molecular complexity index is 281. The van der Waals surface area contributed by atoms with Crippen LogP contribution in [0.15, 0.2) is 0 Å². The quantitative estimate of drug-likeness (QED) is 0.751. The van der Waals surface area contributed by atoms with E-state index in [0.717, 1.165) is 6.42 Å². The summed E-state index contributed by atoms with van der Waals surface area (Å²) in [5.74, 6) is 0. The van der Waals surface area contributed by atoms with Gasteiger partial charge in [0.05, 0.1) is 0 Å². The molecule has 0 radical (unpaired) electrons. The first-order valence-electron chi connectivity index (χ1n) is 8.13. The molecule has 20 heavy (non-hydrogen) atoms. The zero-order valence-corrected chi connectivity index (χ0v) is 13.6. The number of amides is 1. The van der Waals surface area contributed by atoms with Crippen LogP contribution in [0.25, 0.3) is 0 Å². The van der Waals surface area contributed by atoms with E-state index in [1.165, 1.54) is 38.5 Å². The SMILES string of the molecule is CCCCC(CNC(=O)OC(C)(C)C)NC1CCCC1. The van der Waals surface area contributed by atoms with Gasteiger partial charge >= 0.3 is 6.09 Å². The van der Waals surface area contributed by atoms with Crippen molar-refractivity contribution >= 4 is 6.09 Å². The Labute approximate surface area is 124 Å². The van der Waals surface area contributed by atoms with Crippen molar-refractivity contribution in [3.63, 3.8) is 0 Å². The molecule has 0 bridgehead atoms. The molecule has 0 aromatic carbocycles. The van der Waals surface area contributed by atoms with E-state index >= 15 is 0 Å². The highest BCUT2D eigenvalue weighted by Gasteiger charge is 2.21. The maximum absolute atomic E-state index is 11.7. The molecule has 0 aliphatic heterocycles. The van der Waals surface area contributed by atoms with E-state index in [9.17, 15) is 4.79 Å². The number of rotatable bonds is 7. The molecule has 0 aromatic heterocycles.